The third kappa shape index (κ3) is 3.02. The van der Waals surface area contributed by atoms with Crippen LogP contribution < -0.4 is 16.0 Å². The Morgan fingerprint density at radius 3 is 2.83 bits per heavy atom. The number of amides is 1. The van der Waals surface area contributed by atoms with E-state index in [9.17, 15) is 4.79 Å². The van der Waals surface area contributed by atoms with Crippen molar-refractivity contribution in [3.63, 3.8) is 0 Å². The minimum atomic E-state index is -0.206. The smallest absolute Gasteiger partial charge is 0.256 e. The first-order valence-corrected chi connectivity index (χ1v) is 8.30. The molecule has 1 atom stereocenters. The van der Waals surface area contributed by atoms with Crippen LogP contribution in [0.15, 0.2) is 30.6 Å². The van der Waals surface area contributed by atoms with Crippen LogP contribution in [-0.4, -0.2) is 40.0 Å². The normalized spacial score (nSPS) is 20.2. The number of carbonyl (C=O) groups excluding carboxylic acids is 1. The van der Waals surface area contributed by atoms with E-state index in [-0.39, 0.29) is 17.8 Å². The number of nitrogens with zero attached hydrogens (tertiary/aromatic N) is 4. The number of pyridine rings is 1. The van der Waals surface area contributed by atoms with Crippen molar-refractivity contribution in [2.24, 2.45) is 0 Å². The number of nitrogens with two attached hydrogens (primary N) is 1. The molecule has 0 radical (unpaired) electrons. The first-order valence-electron chi connectivity index (χ1n) is 8.30. The summed E-state index contributed by atoms with van der Waals surface area (Å²) in [6.07, 6.45) is 6.42. The van der Waals surface area contributed by atoms with E-state index >= 15 is 0 Å². The molecule has 0 aromatic carbocycles. The number of anilines is 2. The maximum atomic E-state index is 12.5. The molecule has 0 spiro atoms. The summed E-state index contributed by atoms with van der Waals surface area (Å²) in [5.74, 6) is 2.18. The fraction of sp³-hybridized carbons (Fsp3) is 0.412. The summed E-state index contributed by atoms with van der Waals surface area (Å²) < 4.78 is 0. The minimum absolute atomic E-state index is 0.0713. The lowest BCUT2D eigenvalue weighted by atomic mass is 10.2. The van der Waals surface area contributed by atoms with Crippen LogP contribution in [0.4, 0.5) is 11.6 Å². The van der Waals surface area contributed by atoms with E-state index in [1.165, 1.54) is 0 Å². The maximum absolute atomic E-state index is 12.5. The largest absolute Gasteiger partial charge is 0.383 e. The van der Waals surface area contributed by atoms with E-state index in [0.29, 0.717) is 11.5 Å². The number of hydrogen-bond donors (Lipinski definition) is 2. The van der Waals surface area contributed by atoms with Gasteiger partial charge in [-0.15, -0.1) is 0 Å². The summed E-state index contributed by atoms with van der Waals surface area (Å²) in [4.78, 5) is 27.5. The summed E-state index contributed by atoms with van der Waals surface area (Å²) in [6, 6.07) is 5.91. The molecular weight excluding hydrogens is 304 g/mol. The first kappa shape index (κ1) is 14.9. The molecule has 1 unspecified atom stereocenters. The summed E-state index contributed by atoms with van der Waals surface area (Å²) in [5.41, 5.74) is 6.31. The fourth-order valence-corrected chi connectivity index (χ4v) is 3.01. The van der Waals surface area contributed by atoms with Gasteiger partial charge < -0.3 is 16.0 Å². The van der Waals surface area contributed by atoms with Crippen LogP contribution in [0.5, 0.6) is 0 Å². The number of hydrogen-bond acceptors (Lipinski definition) is 6. The number of carbonyl (C=O) groups is 1. The zero-order valence-corrected chi connectivity index (χ0v) is 13.4. The van der Waals surface area contributed by atoms with Crippen molar-refractivity contribution in [3.8, 4) is 0 Å². The molecule has 1 saturated carbocycles. The van der Waals surface area contributed by atoms with E-state index < -0.39 is 0 Å². The molecule has 3 heterocycles. The molecule has 1 aliphatic carbocycles. The monoisotopic (exact) mass is 324 g/mol. The Morgan fingerprint density at radius 2 is 2.12 bits per heavy atom. The van der Waals surface area contributed by atoms with Gasteiger partial charge in [-0.25, -0.2) is 15.0 Å². The minimum Gasteiger partial charge on any atom is -0.383 e. The van der Waals surface area contributed by atoms with Gasteiger partial charge in [0.05, 0.1) is 5.56 Å². The van der Waals surface area contributed by atoms with Crippen molar-refractivity contribution in [2.45, 2.75) is 31.2 Å². The molecule has 2 fully saturated rings. The Kier molecular flexibility index (Phi) is 3.76. The SMILES string of the molecule is Nc1nc(C2CC2)ncc1C(=O)NC1CCN(c2ccccn2)C1. The van der Waals surface area contributed by atoms with Crippen LogP contribution in [0.1, 0.15) is 41.4 Å². The zero-order valence-electron chi connectivity index (χ0n) is 13.4. The lowest BCUT2D eigenvalue weighted by Crippen LogP contribution is -2.37. The van der Waals surface area contributed by atoms with Crippen LogP contribution in [0.3, 0.4) is 0 Å². The van der Waals surface area contributed by atoms with Gasteiger partial charge in [-0.2, -0.15) is 0 Å². The number of nitrogens with one attached hydrogen (secondary N) is 1. The third-order valence-corrected chi connectivity index (χ3v) is 4.52. The fourth-order valence-electron chi connectivity index (χ4n) is 3.01. The van der Waals surface area contributed by atoms with Crippen LogP contribution in [0, 0.1) is 0 Å². The Bertz CT molecular complexity index is 746. The standard InChI is InChI=1S/C17H20N6O/c18-15-13(9-20-16(22-15)11-4-5-11)17(24)21-12-6-8-23(10-12)14-3-1-2-7-19-14/h1-3,7,9,11-12H,4-6,8,10H2,(H,21,24)(H2,18,20,22). The molecule has 24 heavy (non-hydrogen) atoms. The Balaban J connectivity index is 1.40. The first-order chi connectivity index (χ1) is 11.7. The van der Waals surface area contributed by atoms with Gasteiger partial charge in [-0.3, -0.25) is 4.79 Å². The summed E-state index contributed by atoms with van der Waals surface area (Å²) in [6.45, 7) is 1.61. The zero-order chi connectivity index (χ0) is 16.5. The average Bonchev–Trinajstić information content (AvgIpc) is 3.35. The number of nitrogen functional groups attached to an aromatic ring is 1. The molecule has 0 bridgehead atoms. The van der Waals surface area contributed by atoms with Crippen LogP contribution in [0.25, 0.3) is 0 Å². The molecule has 124 valence electrons. The van der Waals surface area contributed by atoms with Crippen LogP contribution >= 0.6 is 0 Å². The van der Waals surface area contributed by atoms with Crippen molar-refractivity contribution < 1.29 is 4.79 Å². The molecule has 2 aliphatic rings. The second-order valence-corrected chi connectivity index (χ2v) is 6.39. The van der Waals surface area contributed by atoms with Gasteiger partial charge in [0.15, 0.2) is 0 Å². The number of rotatable bonds is 4. The quantitative estimate of drug-likeness (QED) is 0.881. The Hall–Kier alpha value is -2.70. The Morgan fingerprint density at radius 1 is 1.25 bits per heavy atom. The van der Waals surface area contributed by atoms with Gasteiger partial charge in [0.2, 0.25) is 0 Å². The van der Waals surface area contributed by atoms with Gasteiger partial charge in [-0.05, 0) is 31.4 Å². The predicted molar refractivity (Wildman–Crippen MR) is 90.7 cm³/mol. The molecule has 2 aromatic heterocycles. The van der Waals surface area contributed by atoms with Gasteiger partial charge in [0.25, 0.3) is 5.91 Å². The molecule has 1 amide bonds. The van der Waals surface area contributed by atoms with E-state index in [0.717, 1.165) is 44.0 Å². The Labute approximate surface area is 140 Å². The van der Waals surface area contributed by atoms with Gasteiger partial charge in [-0.1, -0.05) is 6.07 Å². The molecule has 3 N–H and O–H groups in total. The van der Waals surface area contributed by atoms with Crippen molar-refractivity contribution >= 4 is 17.5 Å². The summed E-state index contributed by atoms with van der Waals surface area (Å²) >= 11 is 0. The van der Waals surface area contributed by atoms with Crippen molar-refractivity contribution in [1.82, 2.24) is 20.3 Å². The second-order valence-electron chi connectivity index (χ2n) is 6.39. The van der Waals surface area contributed by atoms with Gasteiger partial charge >= 0.3 is 0 Å². The molecule has 1 saturated heterocycles. The van der Waals surface area contributed by atoms with Crippen molar-refractivity contribution in [3.05, 3.63) is 42.0 Å². The third-order valence-electron chi connectivity index (χ3n) is 4.52. The molecule has 7 nitrogen and oxygen atoms in total. The van der Waals surface area contributed by atoms with E-state index in [1.807, 2.05) is 18.2 Å². The lowest BCUT2D eigenvalue weighted by Gasteiger charge is -2.18. The number of aromatic nitrogens is 3. The maximum Gasteiger partial charge on any atom is 0.256 e. The molecular formula is C17H20N6O. The average molecular weight is 324 g/mol. The van der Waals surface area contributed by atoms with E-state index in [2.05, 4.69) is 25.2 Å². The molecule has 2 aromatic rings. The second kappa shape index (κ2) is 6.07. The summed E-state index contributed by atoms with van der Waals surface area (Å²) in [7, 11) is 0. The highest BCUT2D eigenvalue weighted by molar-refractivity contribution is 5.98. The van der Waals surface area contributed by atoms with E-state index in [1.54, 1.807) is 12.4 Å². The topological polar surface area (TPSA) is 97.0 Å². The van der Waals surface area contributed by atoms with Crippen molar-refractivity contribution in [2.75, 3.05) is 23.7 Å². The van der Waals surface area contributed by atoms with Crippen LogP contribution in [-0.2, 0) is 0 Å². The van der Waals surface area contributed by atoms with Gasteiger partial charge in [0.1, 0.15) is 17.5 Å². The van der Waals surface area contributed by atoms with Crippen molar-refractivity contribution in [1.29, 1.82) is 0 Å². The molecule has 1 aliphatic heterocycles. The van der Waals surface area contributed by atoms with Crippen LogP contribution in [0.2, 0.25) is 0 Å². The summed E-state index contributed by atoms with van der Waals surface area (Å²) in [5, 5.41) is 3.03. The highest BCUT2D eigenvalue weighted by Gasteiger charge is 2.29. The predicted octanol–water partition coefficient (Wildman–Crippen LogP) is 1.34. The highest BCUT2D eigenvalue weighted by Crippen LogP contribution is 2.38. The molecule has 4 rings (SSSR count). The highest BCUT2D eigenvalue weighted by atomic mass is 16.1. The van der Waals surface area contributed by atoms with Gasteiger partial charge in [0, 0.05) is 37.4 Å². The molecule has 7 heteroatoms. The van der Waals surface area contributed by atoms with E-state index in [4.69, 9.17) is 5.73 Å². The lowest BCUT2D eigenvalue weighted by molar-refractivity contribution is 0.0940.